The quantitative estimate of drug-likeness (QED) is 0.570. The summed E-state index contributed by atoms with van der Waals surface area (Å²) in [7, 11) is 0. The number of hydrogen-bond donors (Lipinski definition) is 1. The minimum absolute atomic E-state index is 0.0408. The van der Waals surface area contributed by atoms with Crippen molar-refractivity contribution in [3.63, 3.8) is 0 Å². The van der Waals surface area contributed by atoms with Gasteiger partial charge in [0, 0.05) is 10.9 Å². The zero-order valence-electron chi connectivity index (χ0n) is 7.16. The molecule has 1 nitrogen and oxygen atoms in total. The molecule has 0 aliphatic rings. The Morgan fingerprint density at radius 3 is 2.42 bits per heavy atom. The Bertz CT molecular complexity index is 253. The van der Waals surface area contributed by atoms with Crippen molar-refractivity contribution in [2.45, 2.75) is 10.9 Å². The topological polar surface area (TPSA) is 26.0 Å². The van der Waals surface area contributed by atoms with E-state index < -0.39 is 0 Å². The fourth-order valence-corrected chi connectivity index (χ4v) is 1.37. The van der Waals surface area contributed by atoms with Gasteiger partial charge in [0.05, 0.1) is 0 Å². The molecule has 2 heteroatoms. The monoisotopic (exact) mass is 179 g/mol. The number of rotatable bonds is 3. The van der Waals surface area contributed by atoms with Crippen molar-refractivity contribution in [2.75, 3.05) is 6.26 Å². The molecule has 0 radical (unpaired) electrons. The molecule has 0 saturated heterocycles. The Labute approximate surface area is 77.7 Å². The van der Waals surface area contributed by atoms with E-state index in [4.69, 9.17) is 5.73 Å². The summed E-state index contributed by atoms with van der Waals surface area (Å²) >= 11 is 1.73. The van der Waals surface area contributed by atoms with Gasteiger partial charge in [0.15, 0.2) is 0 Å². The first-order valence-electron chi connectivity index (χ1n) is 3.80. The second kappa shape index (κ2) is 4.33. The summed E-state index contributed by atoms with van der Waals surface area (Å²) in [5, 5.41) is 0. The van der Waals surface area contributed by atoms with E-state index in [0.29, 0.717) is 0 Å². The van der Waals surface area contributed by atoms with Crippen molar-refractivity contribution < 1.29 is 0 Å². The van der Waals surface area contributed by atoms with Gasteiger partial charge in [0.25, 0.3) is 0 Å². The molecule has 1 aromatic rings. The molecule has 0 saturated carbocycles. The van der Waals surface area contributed by atoms with E-state index in [1.54, 1.807) is 17.8 Å². The molecule has 0 amide bonds. The van der Waals surface area contributed by atoms with Gasteiger partial charge in [-0.25, -0.2) is 0 Å². The van der Waals surface area contributed by atoms with Gasteiger partial charge in [0.1, 0.15) is 0 Å². The van der Waals surface area contributed by atoms with Crippen molar-refractivity contribution in [3.8, 4) is 0 Å². The Morgan fingerprint density at radius 1 is 1.42 bits per heavy atom. The Balaban J connectivity index is 2.84. The molecular formula is C10H13NS. The van der Waals surface area contributed by atoms with E-state index in [-0.39, 0.29) is 6.04 Å². The number of thioether (sulfide) groups is 1. The van der Waals surface area contributed by atoms with Crippen LogP contribution in [0.1, 0.15) is 11.6 Å². The minimum Gasteiger partial charge on any atom is -0.321 e. The molecule has 0 bridgehead atoms. The van der Waals surface area contributed by atoms with Crippen LogP contribution in [0.4, 0.5) is 0 Å². The van der Waals surface area contributed by atoms with Crippen molar-refractivity contribution in [3.05, 3.63) is 42.5 Å². The van der Waals surface area contributed by atoms with Crippen LogP contribution in [-0.2, 0) is 0 Å². The molecule has 0 aromatic heterocycles. The number of nitrogens with two attached hydrogens (primary N) is 1. The Kier molecular flexibility index (Phi) is 3.38. The molecule has 0 aliphatic carbocycles. The Hall–Kier alpha value is -0.730. The molecule has 0 spiro atoms. The van der Waals surface area contributed by atoms with Crippen LogP contribution in [-0.4, -0.2) is 6.26 Å². The number of benzene rings is 1. The standard InChI is InChI=1S/C10H13NS/c1-3-10(11)8-4-6-9(12-2)7-5-8/h3-7,10H,1,11H2,2H3. The van der Waals surface area contributed by atoms with Gasteiger partial charge >= 0.3 is 0 Å². The average molecular weight is 179 g/mol. The van der Waals surface area contributed by atoms with Gasteiger partial charge in [0.2, 0.25) is 0 Å². The second-order valence-electron chi connectivity index (χ2n) is 2.53. The lowest BCUT2D eigenvalue weighted by atomic mass is 10.1. The highest BCUT2D eigenvalue weighted by molar-refractivity contribution is 7.98. The summed E-state index contributed by atoms with van der Waals surface area (Å²) in [5.41, 5.74) is 6.87. The van der Waals surface area contributed by atoms with Crippen molar-refractivity contribution in [2.24, 2.45) is 5.73 Å². The van der Waals surface area contributed by atoms with Crippen LogP contribution in [0.15, 0.2) is 41.8 Å². The van der Waals surface area contributed by atoms with Gasteiger partial charge in [-0.2, -0.15) is 0 Å². The predicted octanol–water partition coefficient (Wildman–Crippen LogP) is 2.59. The summed E-state index contributed by atoms with van der Waals surface area (Å²) in [6.45, 7) is 3.65. The maximum atomic E-state index is 5.76. The lowest BCUT2D eigenvalue weighted by molar-refractivity contribution is 0.912. The van der Waals surface area contributed by atoms with Crippen LogP contribution in [0.25, 0.3) is 0 Å². The first-order chi connectivity index (χ1) is 5.77. The second-order valence-corrected chi connectivity index (χ2v) is 3.41. The first kappa shape index (κ1) is 9.36. The molecular weight excluding hydrogens is 166 g/mol. The van der Waals surface area contributed by atoms with Gasteiger partial charge in [-0.15, -0.1) is 18.3 Å². The Morgan fingerprint density at radius 2 is 2.00 bits per heavy atom. The molecule has 0 fully saturated rings. The third-order valence-corrected chi connectivity index (χ3v) is 2.50. The van der Waals surface area contributed by atoms with Gasteiger partial charge in [-0.1, -0.05) is 18.2 Å². The zero-order valence-corrected chi connectivity index (χ0v) is 7.97. The lowest BCUT2D eigenvalue weighted by Crippen LogP contribution is -2.05. The molecule has 1 rings (SSSR count). The average Bonchev–Trinajstić information content (AvgIpc) is 2.17. The van der Waals surface area contributed by atoms with Crippen LogP contribution >= 0.6 is 11.8 Å². The molecule has 64 valence electrons. The normalized spacial score (nSPS) is 12.5. The molecule has 1 aromatic carbocycles. The van der Waals surface area contributed by atoms with Gasteiger partial charge < -0.3 is 5.73 Å². The maximum absolute atomic E-state index is 5.76. The van der Waals surface area contributed by atoms with Crippen LogP contribution in [0.3, 0.4) is 0 Å². The molecule has 1 atom stereocenters. The fourth-order valence-electron chi connectivity index (χ4n) is 0.962. The van der Waals surface area contributed by atoms with Gasteiger partial charge in [-0.3, -0.25) is 0 Å². The molecule has 0 aliphatic heterocycles. The van der Waals surface area contributed by atoms with E-state index in [0.717, 1.165) is 5.56 Å². The third-order valence-electron chi connectivity index (χ3n) is 1.75. The summed E-state index contributed by atoms with van der Waals surface area (Å²) < 4.78 is 0. The van der Waals surface area contributed by atoms with Crippen LogP contribution in [0, 0.1) is 0 Å². The number of hydrogen-bond acceptors (Lipinski definition) is 2. The largest absolute Gasteiger partial charge is 0.321 e. The van der Waals surface area contributed by atoms with E-state index in [1.807, 2.05) is 12.1 Å². The highest BCUT2D eigenvalue weighted by Crippen LogP contribution is 2.17. The van der Waals surface area contributed by atoms with Crippen molar-refractivity contribution in [1.29, 1.82) is 0 Å². The van der Waals surface area contributed by atoms with Crippen LogP contribution < -0.4 is 5.73 Å². The SMILES string of the molecule is C=CC(N)c1ccc(SC)cc1. The van der Waals surface area contributed by atoms with Gasteiger partial charge in [-0.05, 0) is 24.0 Å². The highest BCUT2D eigenvalue weighted by atomic mass is 32.2. The van der Waals surface area contributed by atoms with E-state index in [1.165, 1.54) is 4.90 Å². The summed E-state index contributed by atoms with van der Waals surface area (Å²) in [4.78, 5) is 1.26. The van der Waals surface area contributed by atoms with E-state index in [2.05, 4.69) is 25.0 Å². The zero-order chi connectivity index (χ0) is 8.97. The molecule has 1 unspecified atom stereocenters. The highest BCUT2D eigenvalue weighted by Gasteiger charge is 1.99. The smallest absolute Gasteiger partial charge is 0.0478 e. The lowest BCUT2D eigenvalue weighted by Gasteiger charge is -2.06. The summed E-state index contributed by atoms with van der Waals surface area (Å²) in [6.07, 6.45) is 3.80. The third kappa shape index (κ3) is 2.13. The summed E-state index contributed by atoms with van der Waals surface area (Å²) in [5.74, 6) is 0. The van der Waals surface area contributed by atoms with Crippen molar-refractivity contribution in [1.82, 2.24) is 0 Å². The molecule has 0 heterocycles. The van der Waals surface area contributed by atoms with Crippen molar-refractivity contribution >= 4 is 11.8 Å². The fraction of sp³-hybridized carbons (Fsp3) is 0.200. The van der Waals surface area contributed by atoms with Crippen LogP contribution in [0.2, 0.25) is 0 Å². The molecule has 12 heavy (non-hydrogen) atoms. The van der Waals surface area contributed by atoms with E-state index >= 15 is 0 Å². The predicted molar refractivity (Wildman–Crippen MR) is 55.3 cm³/mol. The van der Waals surface area contributed by atoms with Crippen LogP contribution in [0.5, 0.6) is 0 Å². The molecule has 2 N–H and O–H groups in total. The summed E-state index contributed by atoms with van der Waals surface area (Å²) in [6, 6.07) is 8.18. The minimum atomic E-state index is -0.0408. The first-order valence-corrected chi connectivity index (χ1v) is 5.02. The van der Waals surface area contributed by atoms with E-state index in [9.17, 15) is 0 Å². The maximum Gasteiger partial charge on any atom is 0.0478 e.